The van der Waals surface area contributed by atoms with Crippen LogP contribution in [0.3, 0.4) is 0 Å². The van der Waals surface area contributed by atoms with Gasteiger partial charge in [0.25, 0.3) is 0 Å². The second kappa shape index (κ2) is 8.10. The lowest BCUT2D eigenvalue weighted by Crippen LogP contribution is -2.31. The van der Waals surface area contributed by atoms with E-state index >= 15 is 0 Å². The van der Waals surface area contributed by atoms with Gasteiger partial charge in [0.1, 0.15) is 0 Å². The van der Waals surface area contributed by atoms with Gasteiger partial charge in [0, 0.05) is 13.1 Å². The Morgan fingerprint density at radius 2 is 2.13 bits per heavy atom. The molecule has 1 saturated heterocycles. The van der Waals surface area contributed by atoms with Crippen molar-refractivity contribution in [1.29, 1.82) is 0 Å². The van der Waals surface area contributed by atoms with E-state index in [1.807, 2.05) is 7.05 Å². The molecule has 0 bridgehead atoms. The molecule has 0 radical (unpaired) electrons. The van der Waals surface area contributed by atoms with Crippen LogP contribution < -0.4 is 5.32 Å². The van der Waals surface area contributed by atoms with Crippen molar-refractivity contribution in [3.05, 3.63) is 29.3 Å². The van der Waals surface area contributed by atoms with Crippen LogP contribution in [0.4, 0.5) is 0 Å². The fourth-order valence-electron chi connectivity index (χ4n) is 2.79. The Labute approximate surface area is 143 Å². The van der Waals surface area contributed by atoms with E-state index in [1.165, 1.54) is 23.5 Å². The zero-order valence-corrected chi connectivity index (χ0v) is 15.2. The van der Waals surface area contributed by atoms with E-state index in [-0.39, 0.29) is 17.3 Å². The third-order valence-corrected chi connectivity index (χ3v) is 5.98. The summed E-state index contributed by atoms with van der Waals surface area (Å²) >= 11 is 0. The molecule has 2 rings (SSSR count). The van der Waals surface area contributed by atoms with Crippen molar-refractivity contribution in [2.75, 3.05) is 33.8 Å². The van der Waals surface area contributed by atoms with Gasteiger partial charge in [-0.2, -0.15) is 4.31 Å². The van der Waals surface area contributed by atoms with Crippen LogP contribution in [-0.4, -0.2) is 52.5 Å². The molecular weight excluding hydrogens is 340 g/mol. The smallest absolute Gasteiger partial charge is 0.337 e. The summed E-state index contributed by atoms with van der Waals surface area (Å²) in [6.45, 7) is 3.57. The molecule has 6 nitrogen and oxygen atoms in total. The van der Waals surface area contributed by atoms with E-state index in [1.54, 1.807) is 13.0 Å². The highest BCUT2D eigenvalue weighted by Gasteiger charge is 2.33. The van der Waals surface area contributed by atoms with Gasteiger partial charge in [-0.3, -0.25) is 0 Å². The summed E-state index contributed by atoms with van der Waals surface area (Å²) in [5, 5.41) is 3.09. The molecule has 0 aromatic heterocycles. The lowest BCUT2D eigenvalue weighted by molar-refractivity contribution is 0.0600. The quantitative estimate of drug-likeness (QED) is 0.802. The number of sulfonamides is 1. The number of hydrogen-bond donors (Lipinski definition) is 1. The predicted octanol–water partition coefficient (Wildman–Crippen LogP) is 1.43. The molecule has 1 fully saturated rings. The van der Waals surface area contributed by atoms with Crippen molar-refractivity contribution in [3.63, 3.8) is 0 Å². The second-order valence-electron chi connectivity index (χ2n) is 5.55. The van der Waals surface area contributed by atoms with Crippen LogP contribution in [0.5, 0.6) is 0 Å². The Hall–Kier alpha value is -1.15. The highest BCUT2D eigenvalue weighted by atomic mass is 35.5. The molecule has 0 amide bonds. The number of carbonyl (C=O) groups is 1. The van der Waals surface area contributed by atoms with Gasteiger partial charge in [-0.1, -0.05) is 0 Å². The molecule has 1 atom stereocenters. The molecule has 1 unspecified atom stereocenters. The van der Waals surface area contributed by atoms with Gasteiger partial charge in [-0.25, -0.2) is 13.2 Å². The number of esters is 1. The van der Waals surface area contributed by atoms with Crippen molar-refractivity contribution >= 4 is 28.4 Å². The summed E-state index contributed by atoms with van der Waals surface area (Å²) in [6.07, 6.45) is 0.860. The van der Waals surface area contributed by atoms with Crippen molar-refractivity contribution in [1.82, 2.24) is 9.62 Å². The molecule has 1 aliphatic heterocycles. The molecule has 1 aromatic rings. The largest absolute Gasteiger partial charge is 0.465 e. The average Bonchev–Trinajstić information content (AvgIpc) is 2.96. The highest BCUT2D eigenvalue weighted by molar-refractivity contribution is 7.89. The molecule has 0 saturated carbocycles. The maximum Gasteiger partial charge on any atom is 0.337 e. The molecule has 0 aliphatic carbocycles. The van der Waals surface area contributed by atoms with E-state index in [0.717, 1.165) is 13.0 Å². The van der Waals surface area contributed by atoms with Crippen LogP contribution in [0.25, 0.3) is 0 Å². The number of benzene rings is 1. The lowest BCUT2D eigenvalue weighted by Gasteiger charge is -2.18. The van der Waals surface area contributed by atoms with Gasteiger partial charge in [-0.05, 0) is 56.6 Å². The van der Waals surface area contributed by atoms with Crippen LogP contribution >= 0.6 is 12.4 Å². The summed E-state index contributed by atoms with van der Waals surface area (Å²) in [7, 11) is -0.348. The Morgan fingerprint density at radius 1 is 1.43 bits per heavy atom. The van der Waals surface area contributed by atoms with E-state index < -0.39 is 16.0 Å². The molecule has 130 valence electrons. The van der Waals surface area contributed by atoms with Gasteiger partial charge in [0.2, 0.25) is 10.0 Å². The first kappa shape index (κ1) is 19.9. The highest BCUT2D eigenvalue weighted by Crippen LogP contribution is 2.26. The fraction of sp³-hybridized carbons (Fsp3) is 0.533. The molecule has 8 heteroatoms. The molecule has 0 spiro atoms. The summed E-state index contributed by atoms with van der Waals surface area (Å²) in [5.41, 5.74) is 0.911. The molecule has 1 N–H and O–H groups in total. The summed E-state index contributed by atoms with van der Waals surface area (Å²) in [4.78, 5) is 11.8. The van der Waals surface area contributed by atoms with Gasteiger partial charge in [0.15, 0.2) is 0 Å². The minimum Gasteiger partial charge on any atom is -0.465 e. The number of nitrogens with zero attached hydrogens (tertiary/aromatic N) is 1. The van der Waals surface area contributed by atoms with Gasteiger partial charge >= 0.3 is 5.97 Å². The Morgan fingerprint density at radius 3 is 2.70 bits per heavy atom. The van der Waals surface area contributed by atoms with Gasteiger partial charge < -0.3 is 10.1 Å². The number of aryl methyl sites for hydroxylation is 1. The average molecular weight is 363 g/mol. The first-order valence-electron chi connectivity index (χ1n) is 7.24. The fourth-order valence-corrected chi connectivity index (χ4v) is 4.53. The van der Waals surface area contributed by atoms with Crippen molar-refractivity contribution < 1.29 is 17.9 Å². The van der Waals surface area contributed by atoms with E-state index in [9.17, 15) is 13.2 Å². The van der Waals surface area contributed by atoms with E-state index in [4.69, 9.17) is 0 Å². The normalized spacial score (nSPS) is 18.5. The molecule has 1 aliphatic rings. The maximum absolute atomic E-state index is 12.7. The molecule has 23 heavy (non-hydrogen) atoms. The third-order valence-electron chi connectivity index (χ3n) is 3.96. The predicted molar refractivity (Wildman–Crippen MR) is 90.6 cm³/mol. The van der Waals surface area contributed by atoms with E-state index in [0.29, 0.717) is 30.1 Å². The Balaban J connectivity index is 0.00000264. The Kier molecular flexibility index (Phi) is 7.01. The first-order chi connectivity index (χ1) is 10.4. The SMILES string of the molecule is CNCC1CCN(S(=O)(=O)c2ccc(C(=O)OC)cc2C)C1.Cl. The topological polar surface area (TPSA) is 75.7 Å². The molecular formula is C15H23ClN2O4S. The minimum atomic E-state index is -3.52. The summed E-state index contributed by atoms with van der Waals surface area (Å²) in [6, 6.07) is 4.54. The maximum atomic E-state index is 12.7. The lowest BCUT2D eigenvalue weighted by atomic mass is 10.1. The van der Waals surface area contributed by atoms with Crippen LogP contribution in [0.1, 0.15) is 22.3 Å². The number of methoxy groups -OCH3 is 1. The van der Waals surface area contributed by atoms with Gasteiger partial charge in [-0.15, -0.1) is 12.4 Å². The summed E-state index contributed by atoms with van der Waals surface area (Å²) < 4.78 is 31.7. The zero-order valence-electron chi connectivity index (χ0n) is 13.5. The number of nitrogens with one attached hydrogen (secondary N) is 1. The minimum absolute atomic E-state index is 0. The summed E-state index contributed by atoms with van der Waals surface area (Å²) in [5.74, 6) is -0.128. The van der Waals surface area contributed by atoms with Crippen LogP contribution in [0.2, 0.25) is 0 Å². The molecule has 1 aromatic carbocycles. The van der Waals surface area contributed by atoms with Crippen LogP contribution in [-0.2, 0) is 14.8 Å². The second-order valence-corrected chi connectivity index (χ2v) is 7.45. The van der Waals surface area contributed by atoms with Crippen LogP contribution in [0, 0.1) is 12.8 Å². The number of ether oxygens (including phenoxy) is 1. The van der Waals surface area contributed by atoms with E-state index in [2.05, 4.69) is 10.1 Å². The zero-order chi connectivity index (χ0) is 16.3. The van der Waals surface area contributed by atoms with Crippen molar-refractivity contribution in [2.24, 2.45) is 5.92 Å². The monoisotopic (exact) mass is 362 g/mol. The van der Waals surface area contributed by atoms with Crippen molar-refractivity contribution in [3.8, 4) is 0 Å². The number of rotatable bonds is 5. The first-order valence-corrected chi connectivity index (χ1v) is 8.68. The van der Waals surface area contributed by atoms with Gasteiger partial charge in [0.05, 0.1) is 17.6 Å². The van der Waals surface area contributed by atoms with Crippen molar-refractivity contribution in [2.45, 2.75) is 18.2 Å². The Bertz CT molecular complexity index is 663. The standard InChI is InChI=1S/C15H22N2O4S.ClH/c1-11-8-13(15(18)21-3)4-5-14(11)22(19,20)17-7-6-12(10-17)9-16-2;/h4-5,8,12,16H,6-7,9-10H2,1-3H3;1H. The van der Waals surface area contributed by atoms with Crippen LogP contribution in [0.15, 0.2) is 23.1 Å². The third kappa shape index (κ3) is 4.23. The number of hydrogen-bond acceptors (Lipinski definition) is 5. The number of halogens is 1. The molecule has 1 heterocycles. The number of carbonyl (C=O) groups excluding carboxylic acids is 1.